The molecule has 1 heterocycles. The average Bonchev–Trinajstić information content (AvgIpc) is 2.28. The number of hydrogen-bond acceptors (Lipinski definition) is 3. The Morgan fingerprint density at radius 1 is 1.58 bits per heavy atom. The summed E-state index contributed by atoms with van der Waals surface area (Å²) in [5.41, 5.74) is 6.02. The minimum absolute atomic E-state index is 0. The number of aryl methyl sites for hydroxylation is 2. The van der Waals surface area contributed by atoms with Gasteiger partial charge in [-0.3, -0.25) is 4.79 Å². The van der Waals surface area contributed by atoms with Crippen LogP contribution in [0.2, 0.25) is 0 Å². The van der Waals surface area contributed by atoms with Gasteiger partial charge >= 0.3 is 0 Å². The van der Waals surface area contributed by atoms with Crippen LogP contribution in [0.15, 0.2) is 6.07 Å². The summed E-state index contributed by atoms with van der Waals surface area (Å²) in [6, 6.07) is 1.90. The maximum atomic E-state index is 11.1. The van der Waals surface area contributed by atoms with Crippen LogP contribution in [-0.4, -0.2) is 12.3 Å². The SMILES string of the molecule is Cc1cc(C(=O)CN)c(C)s1.Cl. The van der Waals surface area contributed by atoms with E-state index >= 15 is 0 Å². The Hall–Kier alpha value is -0.380. The van der Waals surface area contributed by atoms with Crippen molar-refractivity contribution in [2.24, 2.45) is 5.73 Å². The molecule has 0 unspecified atom stereocenters. The van der Waals surface area contributed by atoms with Gasteiger partial charge in [-0.2, -0.15) is 0 Å². The van der Waals surface area contributed by atoms with Gasteiger partial charge < -0.3 is 5.73 Å². The molecule has 0 radical (unpaired) electrons. The zero-order valence-corrected chi connectivity index (χ0v) is 8.72. The molecule has 0 aromatic carbocycles. The second-order valence-electron chi connectivity index (χ2n) is 2.45. The number of carbonyl (C=O) groups is 1. The maximum Gasteiger partial charge on any atom is 0.177 e. The maximum absolute atomic E-state index is 11.1. The van der Waals surface area contributed by atoms with Crippen molar-refractivity contribution < 1.29 is 4.79 Å². The van der Waals surface area contributed by atoms with Crippen molar-refractivity contribution >= 4 is 29.5 Å². The molecule has 2 nitrogen and oxygen atoms in total. The van der Waals surface area contributed by atoms with Crippen molar-refractivity contribution in [3.05, 3.63) is 21.4 Å². The first-order chi connectivity index (χ1) is 5.15. The summed E-state index contributed by atoms with van der Waals surface area (Å²) in [4.78, 5) is 13.4. The Morgan fingerprint density at radius 3 is 2.50 bits per heavy atom. The molecule has 2 N–H and O–H groups in total. The molecule has 0 aliphatic heterocycles. The molecule has 0 amide bonds. The molecule has 12 heavy (non-hydrogen) atoms. The lowest BCUT2D eigenvalue weighted by atomic mass is 10.1. The summed E-state index contributed by atoms with van der Waals surface area (Å²) in [6.07, 6.45) is 0. The number of halogens is 1. The number of Topliss-reactive ketones (excluding diaryl/α,β-unsaturated/α-hetero) is 1. The molecule has 0 bridgehead atoms. The molecule has 68 valence electrons. The van der Waals surface area contributed by atoms with Crippen LogP contribution in [-0.2, 0) is 0 Å². The fourth-order valence-electron chi connectivity index (χ4n) is 1.02. The summed E-state index contributed by atoms with van der Waals surface area (Å²) in [6.45, 7) is 4.04. The summed E-state index contributed by atoms with van der Waals surface area (Å²) in [7, 11) is 0. The zero-order chi connectivity index (χ0) is 8.43. The van der Waals surface area contributed by atoms with Gasteiger partial charge in [-0.1, -0.05) is 0 Å². The molecular formula is C8H12ClNOS. The van der Waals surface area contributed by atoms with Gasteiger partial charge in [-0.25, -0.2) is 0 Å². The van der Waals surface area contributed by atoms with Crippen LogP contribution >= 0.6 is 23.7 Å². The zero-order valence-electron chi connectivity index (χ0n) is 7.09. The van der Waals surface area contributed by atoms with Crippen molar-refractivity contribution in [2.75, 3.05) is 6.54 Å². The minimum Gasteiger partial charge on any atom is -0.324 e. The van der Waals surface area contributed by atoms with Crippen molar-refractivity contribution in [3.63, 3.8) is 0 Å². The molecule has 4 heteroatoms. The van der Waals surface area contributed by atoms with Gasteiger partial charge in [0.05, 0.1) is 6.54 Å². The van der Waals surface area contributed by atoms with E-state index in [4.69, 9.17) is 5.73 Å². The summed E-state index contributed by atoms with van der Waals surface area (Å²) in [5, 5.41) is 0. The van der Waals surface area contributed by atoms with Crippen LogP contribution in [0.25, 0.3) is 0 Å². The van der Waals surface area contributed by atoms with Crippen LogP contribution in [0.3, 0.4) is 0 Å². The lowest BCUT2D eigenvalue weighted by Crippen LogP contribution is -2.13. The monoisotopic (exact) mass is 205 g/mol. The highest BCUT2D eigenvalue weighted by atomic mass is 35.5. The van der Waals surface area contributed by atoms with E-state index < -0.39 is 0 Å². The van der Waals surface area contributed by atoms with Crippen molar-refractivity contribution in [1.29, 1.82) is 0 Å². The van der Waals surface area contributed by atoms with Crippen LogP contribution in [0.4, 0.5) is 0 Å². The van der Waals surface area contributed by atoms with Crippen LogP contribution in [0, 0.1) is 13.8 Å². The Balaban J connectivity index is 0.00000121. The standard InChI is InChI=1S/C8H11NOS.ClH/c1-5-3-7(6(2)11-5)8(10)4-9;/h3H,4,9H2,1-2H3;1H. The first-order valence-electron chi connectivity index (χ1n) is 3.45. The largest absolute Gasteiger partial charge is 0.324 e. The molecule has 1 rings (SSSR count). The Labute approximate surface area is 82.2 Å². The molecular weight excluding hydrogens is 194 g/mol. The van der Waals surface area contributed by atoms with E-state index in [1.807, 2.05) is 19.9 Å². The van der Waals surface area contributed by atoms with Crippen LogP contribution in [0.1, 0.15) is 20.1 Å². The van der Waals surface area contributed by atoms with E-state index in [1.165, 1.54) is 4.88 Å². The van der Waals surface area contributed by atoms with Gasteiger partial charge in [0.1, 0.15) is 0 Å². The third kappa shape index (κ3) is 2.30. The third-order valence-electron chi connectivity index (χ3n) is 1.53. The predicted molar refractivity (Wildman–Crippen MR) is 54.4 cm³/mol. The molecule has 0 aliphatic carbocycles. The number of thiophene rings is 1. The molecule has 0 atom stereocenters. The lowest BCUT2D eigenvalue weighted by Gasteiger charge is -1.92. The summed E-state index contributed by atoms with van der Waals surface area (Å²) < 4.78 is 0. The Bertz CT molecular complexity index is 283. The topological polar surface area (TPSA) is 43.1 Å². The highest BCUT2D eigenvalue weighted by Gasteiger charge is 2.08. The minimum atomic E-state index is 0. The number of nitrogens with two attached hydrogens (primary N) is 1. The molecule has 0 saturated carbocycles. The van der Waals surface area contributed by atoms with Crippen LogP contribution in [0.5, 0.6) is 0 Å². The van der Waals surface area contributed by atoms with E-state index in [0.717, 1.165) is 10.4 Å². The average molecular weight is 206 g/mol. The Morgan fingerprint density at radius 2 is 2.17 bits per heavy atom. The second-order valence-corrected chi connectivity index (χ2v) is 3.91. The van der Waals surface area contributed by atoms with Gasteiger partial charge in [0.15, 0.2) is 5.78 Å². The number of ketones is 1. The van der Waals surface area contributed by atoms with Crippen molar-refractivity contribution in [1.82, 2.24) is 0 Å². The predicted octanol–water partition coefficient (Wildman–Crippen LogP) is 1.93. The fraction of sp³-hybridized carbons (Fsp3) is 0.375. The van der Waals surface area contributed by atoms with Crippen LogP contribution < -0.4 is 5.73 Å². The van der Waals surface area contributed by atoms with Crippen molar-refractivity contribution in [3.8, 4) is 0 Å². The highest BCUT2D eigenvalue weighted by molar-refractivity contribution is 7.12. The van der Waals surface area contributed by atoms with Gasteiger partial charge in [0, 0.05) is 15.3 Å². The van der Waals surface area contributed by atoms with E-state index in [-0.39, 0.29) is 24.7 Å². The summed E-state index contributed by atoms with van der Waals surface area (Å²) >= 11 is 1.64. The number of hydrogen-bond donors (Lipinski definition) is 1. The summed E-state index contributed by atoms with van der Waals surface area (Å²) in [5.74, 6) is 0.0341. The Kier molecular flexibility index (Phi) is 4.45. The van der Waals surface area contributed by atoms with Gasteiger partial charge in [0.25, 0.3) is 0 Å². The molecule has 0 fully saturated rings. The third-order valence-corrected chi connectivity index (χ3v) is 2.49. The van der Waals surface area contributed by atoms with E-state index in [2.05, 4.69) is 0 Å². The van der Waals surface area contributed by atoms with Gasteiger partial charge in [0.2, 0.25) is 0 Å². The fourth-order valence-corrected chi connectivity index (χ4v) is 1.96. The van der Waals surface area contributed by atoms with Gasteiger partial charge in [-0.15, -0.1) is 23.7 Å². The molecule has 1 aromatic rings. The highest BCUT2D eigenvalue weighted by Crippen LogP contribution is 2.20. The molecule has 0 spiro atoms. The van der Waals surface area contributed by atoms with E-state index in [0.29, 0.717) is 0 Å². The first-order valence-corrected chi connectivity index (χ1v) is 4.27. The quantitative estimate of drug-likeness (QED) is 0.750. The van der Waals surface area contributed by atoms with Crippen molar-refractivity contribution in [2.45, 2.75) is 13.8 Å². The van der Waals surface area contributed by atoms with E-state index in [1.54, 1.807) is 11.3 Å². The molecule has 0 aliphatic rings. The second kappa shape index (κ2) is 4.60. The first kappa shape index (κ1) is 11.6. The smallest absolute Gasteiger partial charge is 0.177 e. The van der Waals surface area contributed by atoms with E-state index in [9.17, 15) is 4.79 Å². The molecule has 0 saturated heterocycles. The normalized spacial score (nSPS) is 9.25. The number of carbonyl (C=O) groups excluding carboxylic acids is 1. The lowest BCUT2D eigenvalue weighted by molar-refractivity contribution is 0.100. The number of rotatable bonds is 2. The molecule has 1 aromatic heterocycles. The van der Waals surface area contributed by atoms with Gasteiger partial charge in [-0.05, 0) is 19.9 Å².